The smallest absolute Gasteiger partial charge is 0.227 e. The third kappa shape index (κ3) is 3.92. The summed E-state index contributed by atoms with van der Waals surface area (Å²) in [5.41, 5.74) is 1.09. The molecule has 0 spiro atoms. The monoisotopic (exact) mass is 308 g/mol. The van der Waals surface area contributed by atoms with Crippen LogP contribution < -0.4 is 4.74 Å². The van der Waals surface area contributed by atoms with Gasteiger partial charge in [-0.2, -0.15) is 0 Å². The third-order valence-corrected chi connectivity index (χ3v) is 4.07. The SMILES string of the molecule is CC1(C)C[CH]N(C(=O)Cc2ccccc2Oc2ccccc2)C1. The molecule has 0 atom stereocenters. The Morgan fingerprint density at radius 1 is 1.09 bits per heavy atom. The van der Waals surface area contributed by atoms with Crippen LogP contribution in [0.4, 0.5) is 0 Å². The maximum absolute atomic E-state index is 12.5. The molecule has 0 aromatic heterocycles. The van der Waals surface area contributed by atoms with Crippen LogP contribution in [0.25, 0.3) is 0 Å². The second-order valence-electron chi connectivity index (χ2n) is 6.77. The maximum Gasteiger partial charge on any atom is 0.227 e. The molecule has 2 aromatic carbocycles. The number of rotatable bonds is 4. The van der Waals surface area contributed by atoms with E-state index in [0.717, 1.165) is 30.0 Å². The minimum absolute atomic E-state index is 0.125. The molecule has 3 nitrogen and oxygen atoms in total. The highest BCUT2D eigenvalue weighted by Gasteiger charge is 2.32. The van der Waals surface area contributed by atoms with Gasteiger partial charge in [-0.1, -0.05) is 50.2 Å². The van der Waals surface area contributed by atoms with Crippen molar-refractivity contribution in [2.24, 2.45) is 5.41 Å². The molecule has 1 aliphatic heterocycles. The summed E-state index contributed by atoms with van der Waals surface area (Å²) in [6, 6.07) is 17.4. The predicted octanol–water partition coefficient (Wildman–Crippen LogP) is 4.44. The summed E-state index contributed by atoms with van der Waals surface area (Å²) in [6.45, 7) is 7.17. The van der Waals surface area contributed by atoms with Crippen molar-refractivity contribution in [3.05, 3.63) is 66.7 Å². The zero-order valence-corrected chi connectivity index (χ0v) is 13.7. The van der Waals surface area contributed by atoms with Gasteiger partial charge in [-0.3, -0.25) is 4.79 Å². The van der Waals surface area contributed by atoms with E-state index in [0.29, 0.717) is 6.42 Å². The van der Waals surface area contributed by atoms with Crippen LogP contribution in [-0.2, 0) is 11.2 Å². The van der Waals surface area contributed by atoms with Crippen LogP contribution in [-0.4, -0.2) is 17.4 Å². The van der Waals surface area contributed by atoms with Gasteiger partial charge in [-0.25, -0.2) is 0 Å². The first-order valence-corrected chi connectivity index (χ1v) is 7.97. The van der Waals surface area contributed by atoms with E-state index < -0.39 is 0 Å². The molecule has 0 unspecified atom stereocenters. The highest BCUT2D eigenvalue weighted by Crippen LogP contribution is 2.32. The Morgan fingerprint density at radius 2 is 1.78 bits per heavy atom. The van der Waals surface area contributed by atoms with E-state index in [1.54, 1.807) is 0 Å². The van der Waals surface area contributed by atoms with Crippen molar-refractivity contribution in [3.63, 3.8) is 0 Å². The van der Waals surface area contributed by atoms with Gasteiger partial charge in [-0.05, 0) is 30.0 Å². The third-order valence-electron chi connectivity index (χ3n) is 4.07. The molecule has 1 radical (unpaired) electrons. The van der Waals surface area contributed by atoms with Gasteiger partial charge >= 0.3 is 0 Å². The second kappa shape index (κ2) is 6.45. The van der Waals surface area contributed by atoms with Gasteiger partial charge in [-0.15, -0.1) is 0 Å². The van der Waals surface area contributed by atoms with E-state index in [1.807, 2.05) is 66.0 Å². The number of hydrogen-bond donors (Lipinski definition) is 0. The van der Waals surface area contributed by atoms with Crippen molar-refractivity contribution in [2.75, 3.05) is 6.54 Å². The Kier molecular flexibility index (Phi) is 4.37. The van der Waals surface area contributed by atoms with Gasteiger partial charge in [0, 0.05) is 12.1 Å². The zero-order chi connectivity index (χ0) is 16.3. The fourth-order valence-electron chi connectivity index (χ4n) is 2.77. The predicted molar refractivity (Wildman–Crippen MR) is 91.1 cm³/mol. The fourth-order valence-corrected chi connectivity index (χ4v) is 2.77. The van der Waals surface area contributed by atoms with Gasteiger partial charge in [0.05, 0.1) is 13.0 Å². The Hall–Kier alpha value is -2.29. The molecule has 119 valence electrons. The lowest BCUT2D eigenvalue weighted by Crippen LogP contribution is -2.29. The molecule has 0 saturated carbocycles. The molecule has 23 heavy (non-hydrogen) atoms. The average molecular weight is 308 g/mol. The minimum atomic E-state index is 0.125. The number of nitrogens with zero attached hydrogens (tertiary/aromatic N) is 1. The molecule has 2 aromatic rings. The van der Waals surface area contributed by atoms with Crippen LogP contribution in [0.15, 0.2) is 54.6 Å². The zero-order valence-electron chi connectivity index (χ0n) is 13.7. The van der Waals surface area contributed by atoms with E-state index in [-0.39, 0.29) is 11.3 Å². The lowest BCUT2D eigenvalue weighted by Gasteiger charge is -2.20. The molecular weight excluding hydrogens is 286 g/mol. The molecule has 3 heteroatoms. The number of hydrogen-bond acceptors (Lipinski definition) is 2. The van der Waals surface area contributed by atoms with Crippen LogP contribution in [0.3, 0.4) is 0 Å². The van der Waals surface area contributed by atoms with E-state index in [9.17, 15) is 4.79 Å². The molecule has 1 heterocycles. The summed E-state index contributed by atoms with van der Waals surface area (Å²) in [5, 5.41) is 0. The Bertz CT molecular complexity index is 679. The number of carbonyl (C=O) groups is 1. The van der Waals surface area contributed by atoms with Crippen molar-refractivity contribution in [1.29, 1.82) is 0 Å². The van der Waals surface area contributed by atoms with Crippen LogP contribution >= 0.6 is 0 Å². The summed E-state index contributed by atoms with van der Waals surface area (Å²) in [6.07, 6.45) is 1.30. The fraction of sp³-hybridized carbons (Fsp3) is 0.300. The molecule has 0 bridgehead atoms. The van der Waals surface area contributed by atoms with Gasteiger partial charge in [0.2, 0.25) is 5.91 Å². The number of amides is 1. The Labute approximate surface area is 137 Å². The van der Waals surface area contributed by atoms with E-state index in [1.165, 1.54) is 0 Å². The van der Waals surface area contributed by atoms with Crippen molar-refractivity contribution < 1.29 is 9.53 Å². The van der Waals surface area contributed by atoms with Crippen LogP contribution in [0, 0.1) is 12.0 Å². The van der Waals surface area contributed by atoms with Crippen molar-refractivity contribution in [1.82, 2.24) is 4.90 Å². The molecule has 1 fully saturated rings. The van der Waals surface area contributed by atoms with E-state index in [2.05, 4.69) is 13.8 Å². The summed E-state index contributed by atoms with van der Waals surface area (Å²) in [4.78, 5) is 14.4. The first-order valence-electron chi connectivity index (χ1n) is 7.97. The van der Waals surface area contributed by atoms with Crippen LogP contribution in [0.2, 0.25) is 0 Å². The Balaban J connectivity index is 1.72. The number of carbonyl (C=O) groups excluding carboxylic acids is 1. The minimum Gasteiger partial charge on any atom is -0.457 e. The molecule has 1 saturated heterocycles. The van der Waals surface area contributed by atoms with Crippen molar-refractivity contribution in [3.8, 4) is 11.5 Å². The summed E-state index contributed by atoms with van der Waals surface area (Å²) in [5.74, 6) is 1.64. The lowest BCUT2D eigenvalue weighted by molar-refractivity contribution is -0.128. The van der Waals surface area contributed by atoms with Gasteiger partial charge in [0.25, 0.3) is 0 Å². The molecular formula is C20H22NO2. The number of ether oxygens (including phenoxy) is 1. The van der Waals surface area contributed by atoms with Gasteiger partial charge in [0.15, 0.2) is 0 Å². The normalized spacial score (nSPS) is 16.3. The molecule has 0 aliphatic carbocycles. The van der Waals surface area contributed by atoms with Crippen LogP contribution in [0.5, 0.6) is 11.5 Å². The van der Waals surface area contributed by atoms with E-state index >= 15 is 0 Å². The number of benzene rings is 2. The molecule has 1 aliphatic rings. The molecule has 3 rings (SSSR count). The second-order valence-corrected chi connectivity index (χ2v) is 6.77. The average Bonchev–Trinajstić information content (AvgIpc) is 2.90. The van der Waals surface area contributed by atoms with Crippen molar-refractivity contribution in [2.45, 2.75) is 26.7 Å². The highest BCUT2D eigenvalue weighted by molar-refractivity contribution is 5.80. The molecule has 0 N–H and O–H groups in total. The van der Waals surface area contributed by atoms with Crippen LogP contribution in [0.1, 0.15) is 25.8 Å². The van der Waals surface area contributed by atoms with Gasteiger partial charge < -0.3 is 9.64 Å². The summed E-state index contributed by atoms with van der Waals surface area (Å²) < 4.78 is 5.93. The van der Waals surface area contributed by atoms with Crippen molar-refractivity contribution >= 4 is 5.91 Å². The Morgan fingerprint density at radius 3 is 2.48 bits per heavy atom. The number of likely N-dealkylation sites (tertiary alicyclic amines) is 1. The van der Waals surface area contributed by atoms with E-state index in [4.69, 9.17) is 4.74 Å². The summed E-state index contributed by atoms with van der Waals surface area (Å²) >= 11 is 0. The first-order chi connectivity index (χ1) is 11.0. The largest absolute Gasteiger partial charge is 0.457 e. The maximum atomic E-state index is 12.5. The first kappa shape index (κ1) is 15.6. The standard InChI is InChI=1S/C20H22NO2/c1-20(2)12-13-21(15-20)19(22)14-16-8-6-7-11-18(16)23-17-9-4-3-5-10-17/h3-11,13H,12,14-15H2,1-2H3. The summed E-state index contributed by atoms with van der Waals surface area (Å²) in [7, 11) is 0. The quantitative estimate of drug-likeness (QED) is 0.835. The lowest BCUT2D eigenvalue weighted by atomic mass is 9.93. The number of para-hydroxylation sites is 2. The highest BCUT2D eigenvalue weighted by atomic mass is 16.5. The topological polar surface area (TPSA) is 29.5 Å². The van der Waals surface area contributed by atoms with Gasteiger partial charge in [0.1, 0.15) is 11.5 Å². The molecule has 1 amide bonds.